The summed E-state index contributed by atoms with van der Waals surface area (Å²) in [5.41, 5.74) is 13.0. The SMILES string of the molecule is c1ccc(-c2nc(-c3ccc(-c4cccc5c4oc4ccccc45)cc3)nc(-c3cccc(-c4ccc5nc(-c6cccc7ccccc67)c6oc7ccccc7c6c5c4)c3)n2)cc1. The van der Waals surface area contributed by atoms with E-state index in [1.54, 1.807) is 0 Å². The third-order valence-electron chi connectivity index (χ3n) is 12.3. The zero-order chi connectivity index (χ0) is 42.1. The van der Waals surface area contributed by atoms with Crippen molar-refractivity contribution >= 4 is 65.6 Å². The molecule has 298 valence electrons. The van der Waals surface area contributed by atoms with E-state index in [-0.39, 0.29) is 0 Å². The van der Waals surface area contributed by atoms with E-state index in [0.29, 0.717) is 17.5 Å². The summed E-state index contributed by atoms with van der Waals surface area (Å²) in [6.45, 7) is 0. The van der Waals surface area contributed by atoms with Gasteiger partial charge in [-0.25, -0.2) is 19.9 Å². The van der Waals surface area contributed by atoms with Crippen LogP contribution in [0.2, 0.25) is 0 Å². The van der Waals surface area contributed by atoms with Crippen LogP contribution < -0.4 is 0 Å². The van der Waals surface area contributed by atoms with Crippen molar-refractivity contribution in [1.29, 1.82) is 0 Å². The largest absolute Gasteiger partial charge is 0.455 e. The highest BCUT2D eigenvalue weighted by atomic mass is 16.3. The summed E-state index contributed by atoms with van der Waals surface area (Å²) >= 11 is 0. The van der Waals surface area contributed by atoms with Gasteiger partial charge in [-0.05, 0) is 57.8 Å². The summed E-state index contributed by atoms with van der Waals surface area (Å²) in [6, 6.07) is 71.0. The standard InChI is InChI=1S/C58H34N4O2/c1-2-14-37(15-3-1)56-60-57(38-29-27-36(28-30-38)43-22-12-24-46-44-20-6-8-25-50(44)63-54(43)46)62-58(61-56)41-18-10-17-39(33-41)40-31-32-49-48(34-40)52-47-21-7-9-26-51(47)64-55(52)53(59-49)45-23-11-16-35-13-4-5-19-42(35)45/h1-34H. The van der Waals surface area contributed by atoms with E-state index in [9.17, 15) is 0 Å². The lowest BCUT2D eigenvalue weighted by Gasteiger charge is -2.12. The summed E-state index contributed by atoms with van der Waals surface area (Å²) in [5.74, 6) is 1.79. The number of para-hydroxylation sites is 3. The number of aromatic nitrogens is 4. The number of fused-ring (bicyclic) bond motifs is 9. The zero-order valence-corrected chi connectivity index (χ0v) is 34.2. The van der Waals surface area contributed by atoms with Gasteiger partial charge in [-0.15, -0.1) is 0 Å². The summed E-state index contributed by atoms with van der Waals surface area (Å²) in [6.07, 6.45) is 0. The molecular formula is C58H34N4O2. The molecule has 0 radical (unpaired) electrons. The first-order valence-corrected chi connectivity index (χ1v) is 21.4. The Morgan fingerprint density at radius 1 is 0.297 bits per heavy atom. The van der Waals surface area contributed by atoms with Gasteiger partial charge in [0.25, 0.3) is 0 Å². The van der Waals surface area contributed by atoms with Crippen LogP contribution in [0.1, 0.15) is 0 Å². The van der Waals surface area contributed by atoms with Crippen molar-refractivity contribution in [2.24, 2.45) is 0 Å². The molecule has 0 bridgehead atoms. The fraction of sp³-hybridized carbons (Fsp3) is 0. The molecule has 0 spiro atoms. The highest BCUT2D eigenvalue weighted by molar-refractivity contribution is 6.22. The van der Waals surface area contributed by atoms with E-state index in [4.69, 9.17) is 28.8 Å². The lowest BCUT2D eigenvalue weighted by molar-refractivity contribution is 0.668. The quantitative estimate of drug-likeness (QED) is 0.166. The predicted octanol–water partition coefficient (Wildman–Crippen LogP) is 15.4. The topological polar surface area (TPSA) is 77.8 Å². The van der Waals surface area contributed by atoms with Crippen LogP contribution in [-0.4, -0.2) is 19.9 Å². The Bertz CT molecular complexity index is 3960. The normalized spacial score (nSPS) is 11.8. The van der Waals surface area contributed by atoms with Crippen LogP contribution in [0.3, 0.4) is 0 Å². The summed E-state index contributed by atoms with van der Waals surface area (Å²) < 4.78 is 13.1. The lowest BCUT2D eigenvalue weighted by Crippen LogP contribution is -2.00. The summed E-state index contributed by atoms with van der Waals surface area (Å²) in [7, 11) is 0. The van der Waals surface area contributed by atoms with Gasteiger partial charge in [0.15, 0.2) is 23.1 Å². The van der Waals surface area contributed by atoms with E-state index in [1.807, 2.05) is 60.7 Å². The first-order chi connectivity index (χ1) is 31.7. The fourth-order valence-electron chi connectivity index (χ4n) is 9.24. The maximum absolute atomic E-state index is 6.68. The van der Waals surface area contributed by atoms with Gasteiger partial charge in [0.05, 0.1) is 5.52 Å². The first-order valence-electron chi connectivity index (χ1n) is 21.4. The average Bonchev–Trinajstić information content (AvgIpc) is 3.96. The third kappa shape index (κ3) is 5.88. The minimum absolute atomic E-state index is 0.590. The van der Waals surface area contributed by atoms with Crippen molar-refractivity contribution in [1.82, 2.24) is 19.9 Å². The van der Waals surface area contributed by atoms with Crippen molar-refractivity contribution in [3.05, 3.63) is 206 Å². The van der Waals surface area contributed by atoms with Gasteiger partial charge < -0.3 is 8.83 Å². The number of pyridine rings is 1. The van der Waals surface area contributed by atoms with Crippen molar-refractivity contribution in [2.75, 3.05) is 0 Å². The van der Waals surface area contributed by atoms with Crippen molar-refractivity contribution in [3.8, 4) is 67.7 Å². The van der Waals surface area contributed by atoms with Gasteiger partial charge in [-0.3, -0.25) is 0 Å². The molecule has 0 aliphatic heterocycles. The Hall–Kier alpha value is -8.74. The molecule has 6 heteroatoms. The Morgan fingerprint density at radius 3 is 1.66 bits per heavy atom. The van der Waals surface area contributed by atoms with Crippen molar-refractivity contribution in [2.45, 2.75) is 0 Å². The second-order valence-electron chi connectivity index (χ2n) is 16.1. The highest BCUT2D eigenvalue weighted by Gasteiger charge is 2.20. The molecule has 0 N–H and O–H groups in total. The predicted molar refractivity (Wildman–Crippen MR) is 260 cm³/mol. The molecule has 4 heterocycles. The molecular weight excluding hydrogens is 785 g/mol. The minimum Gasteiger partial charge on any atom is -0.455 e. The Labute approximate surface area is 366 Å². The monoisotopic (exact) mass is 818 g/mol. The Morgan fingerprint density at radius 2 is 0.828 bits per heavy atom. The highest BCUT2D eigenvalue weighted by Crippen LogP contribution is 2.43. The van der Waals surface area contributed by atoms with Gasteiger partial charge in [-0.2, -0.15) is 0 Å². The van der Waals surface area contributed by atoms with E-state index in [2.05, 4.69) is 146 Å². The Balaban J connectivity index is 0.920. The molecule has 0 amide bonds. The second-order valence-corrected chi connectivity index (χ2v) is 16.1. The summed E-state index contributed by atoms with van der Waals surface area (Å²) in [5, 5.41) is 7.65. The van der Waals surface area contributed by atoms with Gasteiger partial charge in [0, 0.05) is 54.7 Å². The number of nitrogens with zero attached hydrogens (tertiary/aromatic N) is 4. The van der Waals surface area contributed by atoms with Crippen LogP contribution in [0.4, 0.5) is 0 Å². The molecule has 13 rings (SSSR count). The smallest absolute Gasteiger partial charge is 0.164 e. The molecule has 0 unspecified atom stereocenters. The molecule has 0 atom stereocenters. The Kier molecular flexibility index (Phi) is 8.11. The van der Waals surface area contributed by atoms with E-state index >= 15 is 0 Å². The maximum Gasteiger partial charge on any atom is 0.164 e. The van der Waals surface area contributed by atoms with Gasteiger partial charge >= 0.3 is 0 Å². The molecule has 0 fully saturated rings. The van der Waals surface area contributed by atoms with Crippen molar-refractivity contribution < 1.29 is 8.83 Å². The molecule has 6 nitrogen and oxygen atoms in total. The van der Waals surface area contributed by atoms with Crippen LogP contribution in [0.15, 0.2) is 215 Å². The molecule has 0 saturated heterocycles. The molecule has 0 saturated carbocycles. The van der Waals surface area contributed by atoms with Crippen LogP contribution >= 0.6 is 0 Å². The number of benzene rings is 9. The number of furan rings is 2. The molecule has 4 aromatic heterocycles. The lowest BCUT2D eigenvalue weighted by atomic mass is 9.96. The molecule has 0 aliphatic rings. The number of hydrogen-bond acceptors (Lipinski definition) is 6. The first kappa shape index (κ1) is 36.0. The van der Waals surface area contributed by atoms with Crippen LogP contribution in [-0.2, 0) is 0 Å². The van der Waals surface area contributed by atoms with Crippen molar-refractivity contribution in [3.63, 3.8) is 0 Å². The zero-order valence-electron chi connectivity index (χ0n) is 34.2. The van der Waals surface area contributed by atoms with Crippen LogP contribution in [0.5, 0.6) is 0 Å². The van der Waals surface area contributed by atoms with E-state index in [1.165, 1.54) is 0 Å². The maximum atomic E-state index is 6.68. The van der Waals surface area contributed by atoms with Crippen LogP contribution in [0, 0.1) is 0 Å². The third-order valence-corrected chi connectivity index (χ3v) is 12.3. The van der Waals surface area contributed by atoms with Gasteiger partial charge in [0.2, 0.25) is 0 Å². The van der Waals surface area contributed by atoms with Gasteiger partial charge in [0.1, 0.15) is 22.4 Å². The average molecular weight is 819 g/mol. The summed E-state index contributed by atoms with van der Waals surface area (Å²) in [4.78, 5) is 20.6. The second kappa shape index (κ2) is 14.4. The molecule has 0 aliphatic carbocycles. The molecule has 64 heavy (non-hydrogen) atoms. The van der Waals surface area contributed by atoms with Gasteiger partial charge in [-0.1, -0.05) is 176 Å². The molecule has 13 aromatic rings. The minimum atomic E-state index is 0.590. The molecule has 9 aromatic carbocycles. The number of rotatable bonds is 6. The van der Waals surface area contributed by atoms with Crippen LogP contribution in [0.25, 0.3) is 133 Å². The van der Waals surface area contributed by atoms with E-state index < -0.39 is 0 Å². The number of hydrogen-bond donors (Lipinski definition) is 0. The van der Waals surface area contributed by atoms with E-state index in [0.717, 1.165) is 116 Å². The fourth-order valence-corrected chi connectivity index (χ4v) is 9.24.